The zero-order valence-electron chi connectivity index (χ0n) is 8.07. The number of benzene rings is 1. The van der Waals surface area contributed by atoms with E-state index in [9.17, 15) is 9.90 Å². The highest BCUT2D eigenvalue weighted by Crippen LogP contribution is 2.36. The highest BCUT2D eigenvalue weighted by atomic mass is 16.3. The Morgan fingerprint density at radius 3 is 3.00 bits per heavy atom. The first-order valence-corrected chi connectivity index (χ1v) is 5.01. The first kappa shape index (κ1) is 9.41. The minimum atomic E-state index is -0.906. The van der Waals surface area contributed by atoms with E-state index in [1.807, 2.05) is 24.3 Å². The van der Waals surface area contributed by atoms with Crippen LogP contribution in [0.15, 0.2) is 24.3 Å². The lowest BCUT2D eigenvalue weighted by Crippen LogP contribution is -2.30. The molecule has 2 nitrogen and oxygen atoms in total. The standard InChI is InChI=1S/C12H14O2/c13-9-8-12(14)7-3-5-10-4-1-2-6-11(10)12/h1-2,4,6,9,14H,3,5,7-8H2. The predicted molar refractivity (Wildman–Crippen MR) is 54.0 cm³/mol. The number of aryl methyl sites for hydroxylation is 1. The Bertz CT molecular complexity index is 346. The highest BCUT2D eigenvalue weighted by Gasteiger charge is 2.33. The van der Waals surface area contributed by atoms with E-state index < -0.39 is 5.60 Å². The number of carbonyl (C=O) groups excluding carboxylic acids is 1. The quantitative estimate of drug-likeness (QED) is 0.722. The summed E-state index contributed by atoms with van der Waals surface area (Å²) in [6.45, 7) is 0. The van der Waals surface area contributed by atoms with Crippen molar-refractivity contribution in [1.29, 1.82) is 0 Å². The van der Waals surface area contributed by atoms with Gasteiger partial charge in [-0.1, -0.05) is 24.3 Å². The van der Waals surface area contributed by atoms with Gasteiger partial charge in [-0.05, 0) is 30.4 Å². The second-order valence-corrected chi connectivity index (χ2v) is 3.91. The van der Waals surface area contributed by atoms with Gasteiger partial charge in [0, 0.05) is 6.42 Å². The summed E-state index contributed by atoms with van der Waals surface area (Å²) in [5.41, 5.74) is 1.22. The van der Waals surface area contributed by atoms with Gasteiger partial charge < -0.3 is 9.90 Å². The number of rotatable bonds is 2. The summed E-state index contributed by atoms with van der Waals surface area (Å²) in [5.74, 6) is 0. The Hall–Kier alpha value is -1.15. The highest BCUT2D eigenvalue weighted by molar-refractivity contribution is 5.53. The molecule has 0 heterocycles. The van der Waals surface area contributed by atoms with Gasteiger partial charge in [0.15, 0.2) is 0 Å². The molecular weight excluding hydrogens is 176 g/mol. The second kappa shape index (κ2) is 3.54. The maximum Gasteiger partial charge on any atom is 0.123 e. The Labute approximate surface area is 83.6 Å². The molecule has 2 rings (SSSR count). The minimum Gasteiger partial charge on any atom is -0.385 e. The van der Waals surface area contributed by atoms with Crippen molar-refractivity contribution in [3.8, 4) is 0 Å². The molecule has 0 aromatic heterocycles. The van der Waals surface area contributed by atoms with Crippen LogP contribution in [-0.2, 0) is 16.8 Å². The fourth-order valence-corrected chi connectivity index (χ4v) is 2.25. The van der Waals surface area contributed by atoms with E-state index in [1.54, 1.807) is 0 Å². The first-order valence-electron chi connectivity index (χ1n) is 5.01. The number of carbonyl (C=O) groups is 1. The summed E-state index contributed by atoms with van der Waals surface area (Å²) in [7, 11) is 0. The molecule has 2 heteroatoms. The monoisotopic (exact) mass is 190 g/mol. The van der Waals surface area contributed by atoms with Crippen molar-refractivity contribution in [2.75, 3.05) is 0 Å². The SMILES string of the molecule is O=CCC1(O)CCCc2ccccc21. The zero-order valence-corrected chi connectivity index (χ0v) is 8.07. The molecule has 1 N–H and O–H groups in total. The van der Waals surface area contributed by atoms with Gasteiger partial charge in [0.25, 0.3) is 0 Å². The van der Waals surface area contributed by atoms with Crippen molar-refractivity contribution in [2.45, 2.75) is 31.3 Å². The molecule has 0 saturated heterocycles. The van der Waals surface area contributed by atoms with Crippen LogP contribution in [0.2, 0.25) is 0 Å². The molecule has 0 spiro atoms. The third kappa shape index (κ3) is 1.46. The van der Waals surface area contributed by atoms with Gasteiger partial charge >= 0.3 is 0 Å². The van der Waals surface area contributed by atoms with Crippen LogP contribution in [0.5, 0.6) is 0 Å². The molecule has 0 aliphatic heterocycles. The molecule has 14 heavy (non-hydrogen) atoms. The van der Waals surface area contributed by atoms with Gasteiger partial charge in [0.1, 0.15) is 6.29 Å². The fraction of sp³-hybridized carbons (Fsp3) is 0.417. The van der Waals surface area contributed by atoms with Gasteiger partial charge in [-0.2, -0.15) is 0 Å². The molecule has 0 amide bonds. The number of hydrogen-bond acceptors (Lipinski definition) is 2. The molecule has 74 valence electrons. The molecule has 1 atom stereocenters. The average Bonchev–Trinajstić information content (AvgIpc) is 2.19. The van der Waals surface area contributed by atoms with E-state index in [4.69, 9.17) is 0 Å². The summed E-state index contributed by atoms with van der Waals surface area (Å²) in [6.07, 6.45) is 3.69. The molecule has 1 unspecified atom stereocenters. The van der Waals surface area contributed by atoms with Gasteiger partial charge in [-0.25, -0.2) is 0 Å². The normalized spacial score (nSPS) is 25.5. The Balaban J connectivity index is 2.44. The maximum atomic E-state index is 10.5. The topological polar surface area (TPSA) is 37.3 Å². The van der Waals surface area contributed by atoms with E-state index in [-0.39, 0.29) is 6.42 Å². The van der Waals surface area contributed by atoms with Crippen molar-refractivity contribution in [3.63, 3.8) is 0 Å². The van der Waals surface area contributed by atoms with E-state index in [0.717, 1.165) is 24.7 Å². The molecule has 1 aromatic rings. The van der Waals surface area contributed by atoms with Crippen molar-refractivity contribution in [1.82, 2.24) is 0 Å². The lowest BCUT2D eigenvalue weighted by Gasteiger charge is -2.33. The van der Waals surface area contributed by atoms with Crippen LogP contribution in [0.25, 0.3) is 0 Å². The van der Waals surface area contributed by atoms with Crippen molar-refractivity contribution < 1.29 is 9.90 Å². The largest absolute Gasteiger partial charge is 0.385 e. The van der Waals surface area contributed by atoms with Gasteiger partial charge in [0.05, 0.1) is 5.60 Å². The Morgan fingerprint density at radius 1 is 1.43 bits per heavy atom. The van der Waals surface area contributed by atoms with Gasteiger partial charge in [0.2, 0.25) is 0 Å². The minimum absolute atomic E-state index is 0.212. The summed E-state index contributed by atoms with van der Waals surface area (Å²) in [6, 6.07) is 7.85. The lowest BCUT2D eigenvalue weighted by molar-refractivity contribution is -0.113. The third-order valence-corrected chi connectivity index (χ3v) is 2.98. The zero-order chi connectivity index (χ0) is 10.0. The number of hydrogen-bond donors (Lipinski definition) is 1. The number of aliphatic hydroxyl groups is 1. The van der Waals surface area contributed by atoms with E-state index in [1.165, 1.54) is 5.56 Å². The molecular formula is C12H14O2. The van der Waals surface area contributed by atoms with Crippen LogP contribution >= 0.6 is 0 Å². The molecule has 0 bridgehead atoms. The van der Waals surface area contributed by atoms with Crippen LogP contribution < -0.4 is 0 Å². The smallest absolute Gasteiger partial charge is 0.123 e. The predicted octanol–water partition coefficient (Wildman–Crippen LogP) is 1.80. The second-order valence-electron chi connectivity index (χ2n) is 3.91. The fourth-order valence-electron chi connectivity index (χ4n) is 2.25. The molecule has 1 aromatic carbocycles. The maximum absolute atomic E-state index is 10.5. The summed E-state index contributed by atoms with van der Waals surface area (Å²) < 4.78 is 0. The average molecular weight is 190 g/mol. The van der Waals surface area contributed by atoms with Gasteiger partial charge in [-0.3, -0.25) is 0 Å². The van der Waals surface area contributed by atoms with E-state index in [0.29, 0.717) is 6.42 Å². The Kier molecular flexibility index (Phi) is 2.38. The van der Waals surface area contributed by atoms with E-state index in [2.05, 4.69) is 0 Å². The summed E-state index contributed by atoms with van der Waals surface area (Å²) in [4.78, 5) is 10.5. The molecule has 1 aliphatic carbocycles. The van der Waals surface area contributed by atoms with Gasteiger partial charge in [-0.15, -0.1) is 0 Å². The van der Waals surface area contributed by atoms with E-state index >= 15 is 0 Å². The van der Waals surface area contributed by atoms with Crippen LogP contribution in [0, 0.1) is 0 Å². The summed E-state index contributed by atoms with van der Waals surface area (Å²) >= 11 is 0. The molecule has 0 radical (unpaired) electrons. The van der Waals surface area contributed by atoms with Crippen LogP contribution in [0.4, 0.5) is 0 Å². The van der Waals surface area contributed by atoms with Crippen LogP contribution in [-0.4, -0.2) is 11.4 Å². The van der Waals surface area contributed by atoms with Crippen LogP contribution in [0.3, 0.4) is 0 Å². The number of fused-ring (bicyclic) bond motifs is 1. The molecule has 0 fully saturated rings. The van der Waals surface area contributed by atoms with Crippen molar-refractivity contribution in [2.24, 2.45) is 0 Å². The third-order valence-electron chi connectivity index (χ3n) is 2.98. The van der Waals surface area contributed by atoms with Crippen molar-refractivity contribution in [3.05, 3.63) is 35.4 Å². The molecule has 1 aliphatic rings. The van der Waals surface area contributed by atoms with Crippen LogP contribution in [0.1, 0.15) is 30.4 Å². The number of aldehydes is 1. The lowest BCUT2D eigenvalue weighted by atomic mass is 9.77. The Morgan fingerprint density at radius 2 is 2.21 bits per heavy atom. The van der Waals surface area contributed by atoms with Crippen molar-refractivity contribution >= 4 is 6.29 Å². The molecule has 0 saturated carbocycles. The summed E-state index contributed by atoms with van der Waals surface area (Å²) in [5, 5.41) is 10.3. The first-order chi connectivity index (χ1) is 6.76.